The lowest BCUT2D eigenvalue weighted by molar-refractivity contribution is -0.140. The summed E-state index contributed by atoms with van der Waals surface area (Å²) < 4.78 is 16.0. The van der Waals surface area contributed by atoms with Crippen molar-refractivity contribution in [2.24, 2.45) is 0 Å². The fourth-order valence-electron chi connectivity index (χ4n) is 2.10. The number of carbonyl (C=O) groups excluding carboxylic acids is 2. The van der Waals surface area contributed by atoms with Gasteiger partial charge in [0.25, 0.3) is 0 Å². The van der Waals surface area contributed by atoms with E-state index in [1.165, 1.54) is 14.2 Å². The molecule has 0 spiro atoms. The molecule has 1 aromatic carbocycles. The Morgan fingerprint density at radius 3 is 2.50 bits per heavy atom. The average Bonchev–Trinajstić information content (AvgIpc) is 2.55. The number of carbonyl (C=O) groups is 2. The van der Waals surface area contributed by atoms with Crippen molar-refractivity contribution in [2.75, 3.05) is 32.5 Å². The van der Waals surface area contributed by atoms with E-state index in [9.17, 15) is 9.59 Å². The van der Waals surface area contributed by atoms with Crippen molar-refractivity contribution >= 4 is 40.2 Å². The van der Waals surface area contributed by atoms with Crippen LogP contribution in [0.2, 0.25) is 0 Å². The van der Waals surface area contributed by atoms with Crippen molar-refractivity contribution in [3.8, 4) is 0 Å². The highest BCUT2D eigenvalue weighted by Crippen LogP contribution is 2.28. The summed E-state index contributed by atoms with van der Waals surface area (Å²) in [5.74, 6) is -1.20. The summed E-state index contributed by atoms with van der Waals surface area (Å²) in [4.78, 5) is 25.7. The lowest BCUT2D eigenvalue weighted by atomic mass is 10.1. The Bertz CT molecular complexity index is 641. The summed E-state index contributed by atoms with van der Waals surface area (Å²) in [6, 6.07) is 5.73. The molecule has 118 valence electrons. The minimum atomic E-state index is -0.605. The second-order valence-electron chi connectivity index (χ2n) is 4.65. The van der Waals surface area contributed by atoms with Gasteiger partial charge in [-0.25, -0.2) is 9.59 Å². The van der Waals surface area contributed by atoms with Crippen molar-refractivity contribution in [3.63, 3.8) is 0 Å². The van der Waals surface area contributed by atoms with Gasteiger partial charge in [0, 0.05) is 9.26 Å². The van der Waals surface area contributed by atoms with Crippen molar-refractivity contribution in [2.45, 2.75) is 6.92 Å². The average molecular weight is 417 g/mol. The maximum atomic E-state index is 12.1. The first-order valence-electron chi connectivity index (χ1n) is 6.50. The van der Waals surface area contributed by atoms with Crippen molar-refractivity contribution in [1.29, 1.82) is 0 Å². The molecule has 22 heavy (non-hydrogen) atoms. The van der Waals surface area contributed by atoms with Gasteiger partial charge in [-0.15, -0.1) is 0 Å². The van der Waals surface area contributed by atoms with E-state index < -0.39 is 11.9 Å². The number of halogens is 1. The molecule has 0 unspecified atom stereocenters. The summed E-state index contributed by atoms with van der Waals surface area (Å²) >= 11 is 2.21. The maximum absolute atomic E-state index is 12.1. The van der Waals surface area contributed by atoms with Gasteiger partial charge in [0.15, 0.2) is 0 Å². The van der Waals surface area contributed by atoms with Crippen LogP contribution in [-0.2, 0) is 23.8 Å². The van der Waals surface area contributed by atoms with Gasteiger partial charge in [0.2, 0.25) is 0 Å². The molecule has 0 fully saturated rings. The summed E-state index contributed by atoms with van der Waals surface area (Å²) in [5, 5.41) is 0. The number of esters is 2. The first kappa shape index (κ1) is 16.8. The van der Waals surface area contributed by atoms with Gasteiger partial charge in [0.05, 0.1) is 26.4 Å². The van der Waals surface area contributed by atoms with E-state index >= 15 is 0 Å². The number of rotatable bonds is 3. The molecule has 1 aliphatic heterocycles. The molecule has 7 heteroatoms. The zero-order valence-electron chi connectivity index (χ0n) is 12.5. The van der Waals surface area contributed by atoms with Gasteiger partial charge < -0.3 is 19.1 Å². The Hall–Kier alpha value is -1.61. The Morgan fingerprint density at radius 1 is 1.23 bits per heavy atom. The maximum Gasteiger partial charge on any atom is 0.355 e. The Morgan fingerprint density at radius 2 is 1.91 bits per heavy atom. The third-order valence-corrected chi connectivity index (χ3v) is 4.46. The minimum absolute atomic E-state index is 0.0105. The molecule has 0 bridgehead atoms. The van der Waals surface area contributed by atoms with Crippen LogP contribution in [0.25, 0.3) is 0 Å². The Balaban J connectivity index is 2.54. The highest BCUT2D eigenvalue weighted by molar-refractivity contribution is 14.1. The fraction of sp³-hybridized carbons (Fsp3) is 0.333. The summed E-state index contributed by atoms with van der Waals surface area (Å²) in [6.07, 6.45) is 0. The van der Waals surface area contributed by atoms with E-state index in [2.05, 4.69) is 22.6 Å². The standard InChI is InChI=1S/C15H16INO5/c1-9-4-5-10(6-12(9)16)17-8-22-7-11(14(18)20-2)13(17)15(19)21-3/h4-6H,7-8H2,1-3H3. The SMILES string of the molecule is COC(=O)C1=C(C(=O)OC)N(c2ccc(C)c(I)c2)COC1. The molecule has 1 heterocycles. The van der Waals surface area contributed by atoms with Crippen LogP contribution in [0, 0.1) is 10.5 Å². The third kappa shape index (κ3) is 3.25. The Labute approximate surface area is 142 Å². The van der Waals surface area contributed by atoms with Gasteiger partial charge in [-0.2, -0.15) is 0 Å². The molecule has 0 N–H and O–H groups in total. The van der Waals surface area contributed by atoms with Gasteiger partial charge in [-0.3, -0.25) is 0 Å². The molecule has 1 aliphatic rings. The van der Waals surface area contributed by atoms with Crippen LogP contribution in [0.1, 0.15) is 5.56 Å². The number of anilines is 1. The summed E-state index contributed by atoms with van der Waals surface area (Å²) in [7, 11) is 2.54. The van der Waals surface area contributed by atoms with E-state index in [0.717, 1.165) is 14.8 Å². The van der Waals surface area contributed by atoms with Crippen LogP contribution in [0.3, 0.4) is 0 Å². The van der Waals surface area contributed by atoms with Crippen LogP contribution >= 0.6 is 22.6 Å². The number of benzene rings is 1. The lowest BCUT2D eigenvalue weighted by Crippen LogP contribution is -2.38. The second-order valence-corrected chi connectivity index (χ2v) is 5.81. The predicted molar refractivity (Wildman–Crippen MR) is 88.3 cm³/mol. The molecule has 2 rings (SSSR count). The lowest BCUT2D eigenvalue weighted by Gasteiger charge is -2.31. The molecular weight excluding hydrogens is 401 g/mol. The molecule has 0 saturated heterocycles. The number of methoxy groups -OCH3 is 2. The summed E-state index contributed by atoms with van der Waals surface area (Å²) in [5.41, 5.74) is 2.17. The van der Waals surface area contributed by atoms with Crippen molar-refractivity contribution < 1.29 is 23.8 Å². The predicted octanol–water partition coefficient (Wildman–Crippen LogP) is 1.99. The van der Waals surface area contributed by atoms with E-state index in [0.29, 0.717) is 0 Å². The van der Waals surface area contributed by atoms with Gasteiger partial charge in [-0.05, 0) is 47.2 Å². The topological polar surface area (TPSA) is 65.1 Å². The molecule has 1 aromatic rings. The van der Waals surface area contributed by atoms with E-state index in [1.54, 1.807) is 4.90 Å². The molecule has 0 amide bonds. The smallest absolute Gasteiger partial charge is 0.355 e. The molecular formula is C15H16INO5. The number of hydrogen-bond donors (Lipinski definition) is 0. The fourth-order valence-corrected chi connectivity index (χ4v) is 2.60. The summed E-state index contributed by atoms with van der Waals surface area (Å²) in [6.45, 7) is 2.16. The van der Waals surface area contributed by atoms with Crippen molar-refractivity contribution in [3.05, 3.63) is 38.6 Å². The first-order chi connectivity index (χ1) is 10.5. The monoisotopic (exact) mass is 417 g/mol. The number of ether oxygens (including phenoxy) is 3. The zero-order chi connectivity index (χ0) is 16.3. The minimum Gasteiger partial charge on any atom is -0.466 e. The highest BCUT2D eigenvalue weighted by Gasteiger charge is 2.32. The van der Waals surface area contributed by atoms with Crippen LogP contribution in [-0.4, -0.2) is 39.5 Å². The van der Waals surface area contributed by atoms with E-state index in [4.69, 9.17) is 14.2 Å². The molecule has 0 radical (unpaired) electrons. The van der Waals surface area contributed by atoms with Crippen LogP contribution in [0.15, 0.2) is 29.5 Å². The number of hydrogen-bond acceptors (Lipinski definition) is 6. The highest BCUT2D eigenvalue weighted by atomic mass is 127. The van der Waals surface area contributed by atoms with Gasteiger partial charge in [0.1, 0.15) is 12.4 Å². The largest absolute Gasteiger partial charge is 0.466 e. The number of nitrogens with zero attached hydrogens (tertiary/aromatic N) is 1. The van der Waals surface area contributed by atoms with E-state index in [1.807, 2.05) is 25.1 Å². The molecule has 0 aliphatic carbocycles. The molecule has 0 aromatic heterocycles. The van der Waals surface area contributed by atoms with Crippen LogP contribution in [0.5, 0.6) is 0 Å². The van der Waals surface area contributed by atoms with Crippen LogP contribution in [0.4, 0.5) is 5.69 Å². The van der Waals surface area contributed by atoms with Crippen LogP contribution < -0.4 is 4.90 Å². The third-order valence-electron chi connectivity index (χ3n) is 3.30. The number of aryl methyl sites for hydroxylation is 1. The molecule has 0 saturated carbocycles. The molecule has 6 nitrogen and oxygen atoms in total. The second kappa shape index (κ2) is 7.10. The van der Waals surface area contributed by atoms with Crippen molar-refractivity contribution in [1.82, 2.24) is 0 Å². The van der Waals surface area contributed by atoms with Gasteiger partial charge in [-0.1, -0.05) is 6.07 Å². The van der Waals surface area contributed by atoms with Gasteiger partial charge >= 0.3 is 11.9 Å². The Kier molecular flexibility index (Phi) is 5.41. The zero-order valence-corrected chi connectivity index (χ0v) is 14.7. The quantitative estimate of drug-likeness (QED) is 0.554. The normalized spacial score (nSPS) is 14.8. The first-order valence-corrected chi connectivity index (χ1v) is 7.58. The molecule has 0 atom stereocenters. The van der Waals surface area contributed by atoms with E-state index in [-0.39, 0.29) is 24.6 Å².